The molecule has 1 N–H and O–H groups in total. The van der Waals surface area contributed by atoms with Crippen molar-refractivity contribution in [1.29, 1.82) is 5.26 Å². The normalized spacial score (nSPS) is 11.8. The average Bonchev–Trinajstić information content (AvgIpc) is 3.08. The summed E-state index contributed by atoms with van der Waals surface area (Å²) in [4.78, 5) is 23.6. The second kappa shape index (κ2) is 6.65. The minimum absolute atomic E-state index is 0.0973. The topological polar surface area (TPSA) is 99.7 Å². The van der Waals surface area contributed by atoms with Crippen LogP contribution in [0.25, 0.3) is 16.6 Å². The van der Waals surface area contributed by atoms with Crippen LogP contribution in [0.5, 0.6) is 0 Å². The number of fused-ring (bicyclic) bond motifs is 2. The summed E-state index contributed by atoms with van der Waals surface area (Å²) in [5.74, 6) is -1.13. The standard InChI is InChI=1S/C17H9F3N6OS/c18-17(19,20)16-24-12-4-2-1-3-11(12)15(25-16)28-8-10-5-13(27)26-14(23-10)9(6-21)7-22-26/h1-5,7,22H,8H2. The molecule has 7 nitrogen and oxygen atoms in total. The Morgan fingerprint density at radius 2 is 2.00 bits per heavy atom. The van der Waals surface area contributed by atoms with E-state index in [0.29, 0.717) is 11.1 Å². The van der Waals surface area contributed by atoms with Crippen molar-refractivity contribution in [3.8, 4) is 6.07 Å². The van der Waals surface area contributed by atoms with Gasteiger partial charge in [-0.1, -0.05) is 30.0 Å². The minimum atomic E-state index is -4.68. The van der Waals surface area contributed by atoms with E-state index in [0.717, 1.165) is 16.3 Å². The number of para-hydroxylation sites is 1. The zero-order valence-electron chi connectivity index (χ0n) is 13.9. The Balaban J connectivity index is 1.74. The number of nitrogens with one attached hydrogen (secondary N) is 1. The quantitative estimate of drug-likeness (QED) is 0.417. The molecule has 0 saturated heterocycles. The molecule has 0 aliphatic rings. The van der Waals surface area contributed by atoms with Gasteiger partial charge in [-0.3, -0.25) is 9.89 Å². The van der Waals surface area contributed by atoms with Crippen molar-refractivity contribution in [2.75, 3.05) is 0 Å². The number of alkyl halides is 3. The Morgan fingerprint density at radius 1 is 1.21 bits per heavy atom. The van der Waals surface area contributed by atoms with Crippen LogP contribution in [0.3, 0.4) is 0 Å². The first-order chi connectivity index (χ1) is 13.4. The SMILES string of the molecule is N#Cc1c[nH]n2c(=O)cc(CSc3nc(C(F)(F)F)nc4ccccc34)nc12. The average molecular weight is 402 g/mol. The van der Waals surface area contributed by atoms with Crippen molar-refractivity contribution in [3.05, 3.63) is 64.0 Å². The van der Waals surface area contributed by atoms with Gasteiger partial charge in [0.15, 0.2) is 5.65 Å². The molecule has 28 heavy (non-hydrogen) atoms. The van der Waals surface area contributed by atoms with Crippen molar-refractivity contribution in [2.45, 2.75) is 17.0 Å². The number of aromatic amines is 1. The van der Waals surface area contributed by atoms with Crippen LogP contribution in [0.4, 0.5) is 13.2 Å². The fourth-order valence-corrected chi connectivity index (χ4v) is 3.52. The van der Waals surface area contributed by atoms with Gasteiger partial charge in [0.1, 0.15) is 16.7 Å². The Labute approximate surface area is 158 Å². The highest BCUT2D eigenvalue weighted by molar-refractivity contribution is 7.98. The van der Waals surface area contributed by atoms with E-state index in [2.05, 4.69) is 20.1 Å². The van der Waals surface area contributed by atoms with Gasteiger partial charge >= 0.3 is 6.18 Å². The second-order valence-electron chi connectivity index (χ2n) is 5.70. The number of benzene rings is 1. The van der Waals surface area contributed by atoms with E-state index in [4.69, 9.17) is 5.26 Å². The zero-order valence-corrected chi connectivity index (χ0v) is 14.7. The summed E-state index contributed by atoms with van der Waals surface area (Å²) in [5, 5.41) is 12.3. The minimum Gasteiger partial charge on any atom is -0.295 e. The van der Waals surface area contributed by atoms with E-state index in [1.165, 1.54) is 18.3 Å². The molecule has 0 atom stereocenters. The van der Waals surface area contributed by atoms with Crippen molar-refractivity contribution < 1.29 is 13.2 Å². The summed E-state index contributed by atoms with van der Waals surface area (Å²) in [7, 11) is 0. The van der Waals surface area contributed by atoms with Gasteiger partial charge in [0.2, 0.25) is 5.82 Å². The van der Waals surface area contributed by atoms with Crippen LogP contribution in [-0.4, -0.2) is 24.6 Å². The molecule has 3 heterocycles. The monoisotopic (exact) mass is 402 g/mol. The fourth-order valence-electron chi connectivity index (χ4n) is 2.61. The first kappa shape index (κ1) is 18.0. The molecule has 0 bridgehead atoms. The van der Waals surface area contributed by atoms with Crippen molar-refractivity contribution in [1.82, 2.24) is 24.6 Å². The van der Waals surface area contributed by atoms with Crippen molar-refractivity contribution >= 4 is 28.3 Å². The molecular weight excluding hydrogens is 393 g/mol. The lowest BCUT2D eigenvalue weighted by atomic mass is 10.2. The zero-order chi connectivity index (χ0) is 19.9. The summed E-state index contributed by atoms with van der Waals surface area (Å²) < 4.78 is 40.4. The van der Waals surface area contributed by atoms with Crippen LogP contribution in [0, 0.1) is 11.3 Å². The van der Waals surface area contributed by atoms with Gasteiger partial charge < -0.3 is 0 Å². The fraction of sp³-hybridized carbons (Fsp3) is 0.118. The summed E-state index contributed by atoms with van der Waals surface area (Å²) >= 11 is 1.01. The van der Waals surface area contributed by atoms with Crippen LogP contribution >= 0.6 is 11.8 Å². The van der Waals surface area contributed by atoms with Crippen LogP contribution in [-0.2, 0) is 11.9 Å². The molecule has 0 radical (unpaired) electrons. The predicted octanol–water partition coefficient (Wildman–Crippen LogP) is 3.15. The molecule has 0 unspecified atom stereocenters. The predicted molar refractivity (Wildman–Crippen MR) is 94.6 cm³/mol. The lowest BCUT2D eigenvalue weighted by Gasteiger charge is -2.10. The number of halogens is 3. The Hall–Kier alpha value is -3.39. The maximum absolute atomic E-state index is 13.1. The molecule has 0 aliphatic heterocycles. The number of aromatic nitrogens is 5. The van der Waals surface area contributed by atoms with E-state index in [1.807, 2.05) is 6.07 Å². The largest absolute Gasteiger partial charge is 0.451 e. The summed E-state index contributed by atoms with van der Waals surface area (Å²) in [5.41, 5.74) is 0.422. The Bertz CT molecular complexity index is 1300. The highest BCUT2D eigenvalue weighted by Crippen LogP contribution is 2.33. The van der Waals surface area contributed by atoms with E-state index in [9.17, 15) is 18.0 Å². The summed E-state index contributed by atoms with van der Waals surface area (Å²) in [6.07, 6.45) is -3.32. The Kier molecular flexibility index (Phi) is 4.27. The third-order valence-corrected chi connectivity index (χ3v) is 4.87. The second-order valence-corrected chi connectivity index (χ2v) is 6.66. The van der Waals surface area contributed by atoms with Gasteiger partial charge in [-0.15, -0.1) is 0 Å². The van der Waals surface area contributed by atoms with Gasteiger partial charge in [0.05, 0.1) is 11.2 Å². The van der Waals surface area contributed by atoms with E-state index >= 15 is 0 Å². The number of H-pyrrole nitrogens is 1. The number of hydrogen-bond acceptors (Lipinski definition) is 6. The third-order valence-electron chi connectivity index (χ3n) is 3.85. The van der Waals surface area contributed by atoms with Gasteiger partial charge in [-0.05, 0) is 6.07 Å². The molecule has 1 aromatic carbocycles. The van der Waals surface area contributed by atoms with E-state index < -0.39 is 17.6 Å². The number of thioether (sulfide) groups is 1. The third kappa shape index (κ3) is 3.18. The smallest absolute Gasteiger partial charge is 0.295 e. The maximum atomic E-state index is 13.1. The lowest BCUT2D eigenvalue weighted by Crippen LogP contribution is -2.15. The van der Waals surface area contributed by atoms with Gasteiger partial charge in [-0.25, -0.2) is 19.5 Å². The Morgan fingerprint density at radius 3 is 2.75 bits per heavy atom. The van der Waals surface area contributed by atoms with Gasteiger partial charge in [0.25, 0.3) is 5.56 Å². The molecule has 0 saturated carbocycles. The number of hydrogen-bond donors (Lipinski definition) is 1. The molecule has 3 aromatic heterocycles. The summed E-state index contributed by atoms with van der Waals surface area (Å²) in [6, 6.07) is 9.55. The molecule has 140 valence electrons. The van der Waals surface area contributed by atoms with Crippen molar-refractivity contribution in [2.24, 2.45) is 0 Å². The highest BCUT2D eigenvalue weighted by Gasteiger charge is 2.35. The van der Waals surface area contributed by atoms with Gasteiger partial charge in [0, 0.05) is 23.4 Å². The van der Waals surface area contributed by atoms with E-state index in [1.54, 1.807) is 18.2 Å². The molecule has 11 heteroatoms. The van der Waals surface area contributed by atoms with Crippen molar-refractivity contribution in [3.63, 3.8) is 0 Å². The molecule has 4 rings (SSSR count). The molecular formula is C17H9F3N6OS. The highest BCUT2D eigenvalue weighted by atomic mass is 32.2. The maximum Gasteiger partial charge on any atom is 0.451 e. The van der Waals surface area contributed by atoms with Crippen LogP contribution < -0.4 is 5.56 Å². The lowest BCUT2D eigenvalue weighted by molar-refractivity contribution is -0.145. The number of nitriles is 1. The van der Waals surface area contributed by atoms with E-state index in [-0.39, 0.29) is 27.5 Å². The van der Waals surface area contributed by atoms with Crippen LogP contribution in [0.15, 0.2) is 46.3 Å². The summed E-state index contributed by atoms with van der Waals surface area (Å²) in [6.45, 7) is 0. The van der Waals surface area contributed by atoms with Gasteiger partial charge in [-0.2, -0.15) is 18.4 Å². The molecule has 0 fully saturated rings. The molecule has 0 aliphatic carbocycles. The molecule has 4 aromatic rings. The number of rotatable bonds is 3. The molecule has 0 amide bonds. The molecule has 0 spiro atoms. The number of nitrogens with zero attached hydrogens (tertiary/aromatic N) is 5. The first-order valence-electron chi connectivity index (χ1n) is 7.84. The first-order valence-corrected chi connectivity index (χ1v) is 8.82. The van der Waals surface area contributed by atoms with Crippen LogP contribution in [0.2, 0.25) is 0 Å². The van der Waals surface area contributed by atoms with Crippen LogP contribution in [0.1, 0.15) is 17.1 Å².